The zero-order valence-corrected chi connectivity index (χ0v) is 19.7. The fourth-order valence-electron chi connectivity index (χ4n) is 4.20. The zero-order chi connectivity index (χ0) is 20.3. The molecule has 1 aromatic rings. The largest absolute Gasteiger partial charge is 0.256 e. The molecule has 0 spiro atoms. The van der Waals surface area contributed by atoms with Gasteiger partial charge in [0.25, 0.3) is 5.82 Å². The highest BCUT2D eigenvalue weighted by molar-refractivity contribution is 4.84. The molecule has 2 heteroatoms. The van der Waals surface area contributed by atoms with Crippen LogP contribution in [0.2, 0.25) is 0 Å². The monoisotopic (exact) mass is 391 g/mol. The van der Waals surface area contributed by atoms with Gasteiger partial charge in [-0.15, -0.1) is 0 Å². The van der Waals surface area contributed by atoms with Crippen molar-refractivity contribution < 1.29 is 4.57 Å². The quantitative estimate of drug-likeness (QED) is 0.157. The molecular weight excluding hydrogens is 340 g/mol. The van der Waals surface area contributed by atoms with E-state index in [0.717, 1.165) is 0 Å². The summed E-state index contributed by atoms with van der Waals surface area (Å²) in [5, 5.41) is 0. The first-order valence-electron chi connectivity index (χ1n) is 12.9. The van der Waals surface area contributed by atoms with Crippen molar-refractivity contribution in [1.29, 1.82) is 0 Å². The van der Waals surface area contributed by atoms with Gasteiger partial charge in [0.15, 0.2) is 0 Å². The average Bonchev–Trinajstić information content (AvgIpc) is 3.09. The van der Waals surface area contributed by atoms with Gasteiger partial charge in [-0.25, -0.2) is 9.13 Å². The van der Waals surface area contributed by atoms with Gasteiger partial charge in [-0.2, -0.15) is 0 Å². The van der Waals surface area contributed by atoms with Crippen LogP contribution in [0.15, 0.2) is 12.4 Å². The van der Waals surface area contributed by atoms with Gasteiger partial charge in [-0.3, -0.25) is 0 Å². The highest BCUT2D eigenvalue weighted by Crippen LogP contribution is 2.12. The lowest BCUT2D eigenvalue weighted by atomic mass is 10.1. The highest BCUT2D eigenvalue weighted by Gasteiger charge is 2.16. The number of hydrogen-bond donors (Lipinski definition) is 0. The first kappa shape index (κ1) is 25.2. The molecule has 0 radical (unpaired) electrons. The van der Waals surface area contributed by atoms with Crippen molar-refractivity contribution in [2.75, 3.05) is 0 Å². The third-order valence-electron chi connectivity index (χ3n) is 6.10. The van der Waals surface area contributed by atoms with E-state index in [-0.39, 0.29) is 0 Å². The summed E-state index contributed by atoms with van der Waals surface area (Å²) in [6.45, 7) is 9.34. The van der Waals surface area contributed by atoms with Crippen LogP contribution in [0.3, 0.4) is 0 Å². The molecule has 0 amide bonds. The van der Waals surface area contributed by atoms with Crippen molar-refractivity contribution in [2.45, 2.75) is 149 Å². The van der Waals surface area contributed by atoms with E-state index in [1.54, 1.807) is 5.82 Å². The van der Waals surface area contributed by atoms with E-state index < -0.39 is 0 Å². The van der Waals surface area contributed by atoms with Crippen molar-refractivity contribution in [3.8, 4) is 0 Å². The number of imidazole rings is 1. The molecule has 0 bridgehead atoms. The molecule has 2 nitrogen and oxygen atoms in total. The van der Waals surface area contributed by atoms with Crippen LogP contribution in [-0.2, 0) is 19.5 Å². The van der Waals surface area contributed by atoms with Crippen molar-refractivity contribution in [3.63, 3.8) is 0 Å². The fourth-order valence-corrected chi connectivity index (χ4v) is 4.20. The first-order chi connectivity index (χ1) is 13.8. The Morgan fingerprint density at radius 2 is 1.11 bits per heavy atom. The van der Waals surface area contributed by atoms with Gasteiger partial charge in [0.2, 0.25) is 0 Å². The number of unbranched alkanes of at least 4 members (excludes halogenated alkanes) is 14. The molecule has 1 aromatic heterocycles. The topological polar surface area (TPSA) is 8.81 Å². The van der Waals surface area contributed by atoms with E-state index in [1.807, 2.05) is 0 Å². The van der Waals surface area contributed by atoms with Gasteiger partial charge in [0.05, 0.1) is 13.1 Å². The summed E-state index contributed by atoms with van der Waals surface area (Å²) in [4.78, 5) is 0. The molecule has 0 aliphatic carbocycles. The maximum absolute atomic E-state index is 2.58. The summed E-state index contributed by atoms with van der Waals surface area (Å²) in [5.74, 6) is 1.60. The molecule has 0 atom stereocenters. The minimum absolute atomic E-state index is 1.22. The number of nitrogens with zero attached hydrogens (tertiary/aromatic N) is 2. The van der Waals surface area contributed by atoms with Crippen LogP contribution in [0.1, 0.15) is 136 Å². The van der Waals surface area contributed by atoms with E-state index in [1.165, 1.54) is 129 Å². The molecule has 164 valence electrons. The van der Waals surface area contributed by atoms with Gasteiger partial charge in [-0.1, -0.05) is 97.8 Å². The minimum atomic E-state index is 1.22. The Kier molecular flexibility index (Phi) is 16.5. The zero-order valence-electron chi connectivity index (χ0n) is 19.7. The van der Waals surface area contributed by atoms with Crippen LogP contribution in [-0.4, -0.2) is 4.57 Å². The molecule has 0 saturated heterocycles. The van der Waals surface area contributed by atoms with Gasteiger partial charge >= 0.3 is 0 Å². The molecule has 0 unspecified atom stereocenters. The van der Waals surface area contributed by atoms with Gasteiger partial charge in [0, 0.05) is 6.42 Å². The molecule has 0 aliphatic rings. The number of hydrogen-bond acceptors (Lipinski definition) is 0. The molecule has 0 aromatic carbocycles. The first-order valence-corrected chi connectivity index (χ1v) is 12.9. The van der Waals surface area contributed by atoms with Crippen LogP contribution in [0.25, 0.3) is 0 Å². The van der Waals surface area contributed by atoms with Gasteiger partial charge in [-0.05, 0) is 32.1 Å². The Bertz CT molecular complexity index is 449. The lowest BCUT2D eigenvalue weighted by Crippen LogP contribution is -2.37. The minimum Gasteiger partial charge on any atom is -0.234 e. The van der Waals surface area contributed by atoms with E-state index in [2.05, 4.69) is 42.3 Å². The van der Waals surface area contributed by atoms with Crippen molar-refractivity contribution >= 4 is 0 Å². The third kappa shape index (κ3) is 11.9. The van der Waals surface area contributed by atoms with Crippen LogP contribution in [0.5, 0.6) is 0 Å². The molecule has 1 heterocycles. The van der Waals surface area contributed by atoms with Crippen molar-refractivity contribution in [1.82, 2.24) is 4.57 Å². The van der Waals surface area contributed by atoms with E-state index >= 15 is 0 Å². The number of aromatic nitrogens is 2. The van der Waals surface area contributed by atoms with Crippen LogP contribution >= 0.6 is 0 Å². The molecule has 0 fully saturated rings. The van der Waals surface area contributed by atoms with Gasteiger partial charge < -0.3 is 0 Å². The highest BCUT2D eigenvalue weighted by atomic mass is 15.1. The van der Waals surface area contributed by atoms with E-state index in [4.69, 9.17) is 0 Å². The average molecular weight is 392 g/mol. The Morgan fingerprint density at radius 3 is 1.71 bits per heavy atom. The maximum Gasteiger partial charge on any atom is 0.256 e. The Labute approximate surface area is 177 Å². The van der Waals surface area contributed by atoms with Crippen molar-refractivity contribution in [2.24, 2.45) is 0 Å². The maximum atomic E-state index is 2.58. The second-order valence-electron chi connectivity index (χ2n) is 8.80. The van der Waals surface area contributed by atoms with E-state index in [0.29, 0.717) is 0 Å². The van der Waals surface area contributed by atoms with E-state index in [9.17, 15) is 0 Å². The summed E-state index contributed by atoms with van der Waals surface area (Å²) >= 11 is 0. The summed E-state index contributed by atoms with van der Waals surface area (Å²) in [7, 11) is 0. The third-order valence-corrected chi connectivity index (χ3v) is 6.10. The second-order valence-corrected chi connectivity index (χ2v) is 8.80. The predicted octanol–water partition coefficient (Wildman–Crippen LogP) is 8.01. The Morgan fingerprint density at radius 1 is 0.607 bits per heavy atom. The molecule has 0 aliphatic heterocycles. The second kappa shape index (κ2) is 18.3. The summed E-state index contributed by atoms with van der Waals surface area (Å²) < 4.78 is 5.15. The Hall–Kier alpha value is -0.790. The van der Waals surface area contributed by atoms with Crippen LogP contribution in [0.4, 0.5) is 0 Å². The van der Waals surface area contributed by atoms with Crippen LogP contribution < -0.4 is 4.57 Å². The van der Waals surface area contributed by atoms with Crippen LogP contribution in [0, 0.1) is 0 Å². The molecule has 0 saturated carbocycles. The summed E-state index contributed by atoms with van der Waals surface area (Å²) in [6.07, 6.45) is 29.6. The molecule has 28 heavy (non-hydrogen) atoms. The molecule has 0 N–H and O–H groups in total. The number of aryl methyl sites for hydroxylation is 2. The summed E-state index contributed by atoms with van der Waals surface area (Å²) in [5.41, 5.74) is 0. The lowest BCUT2D eigenvalue weighted by Gasteiger charge is -2.06. The fraction of sp³-hybridized carbons (Fsp3) is 0.885. The normalized spacial score (nSPS) is 11.4. The number of rotatable bonds is 20. The van der Waals surface area contributed by atoms with Crippen molar-refractivity contribution in [3.05, 3.63) is 18.2 Å². The molecular formula is C26H51N2+. The van der Waals surface area contributed by atoms with Gasteiger partial charge in [0.1, 0.15) is 12.4 Å². The Balaban J connectivity index is 2.41. The standard InChI is InChI=1S/C26H51N2/c1-4-7-10-13-14-15-16-18-21-26-27(22-19-12-9-6-3)24-25-28(26)23-20-17-11-8-5-2/h24-25H,4-23H2,1-3H3/q+1. The lowest BCUT2D eigenvalue weighted by molar-refractivity contribution is -0.704. The predicted molar refractivity (Wildman–Crippen MR) is 124 cm³/mol. The summed E-state index contributed by atoms with van der Waals surface area (Å²) in [6, 6.07) is 0. The SMILES string of the molecule is CCCCCCCCCCc1n(CCCCCC)cc[n+]1CCCCCCC. The smallest absolute Gasteiger partial charge is 0.234 e. The molecule has 1 rings (SSSR count).